The van der Waals surface area contributed by atoms with Gasteiger partial charge in [0.15, 0.2) is 0 Å². The molecule has 0 radical (unpaired) electrons. The van der Waals surface area contributed by atoms with E-state index in [0.29, 0.717) is 5.75 Å². The predicted octanol–water partition coefficient (Wildman–Crippen LogP) is 2.11. The number of benzene rings is 2. The highest BCUT2D eigenvalue weighted by Gasteiger charge is 1.85. The topological polar surface area (TPSA) is 160 Å². The van der Waals surface area contributed by atoms with Gasteiger partial charge >= 0.3 is 0 Å². The number of isocyanates is 2. The van der Waals surface area contributed by atoms with E-state index in [1.807, 2.05) is 12.9 Å². The summed E-state index contributed by atoms with van der Waals surface area (Å²) in [5.74, 6) is 0.498. The Morgan fingerprint density at radius 2 is 1.00 bits per heavy atom. The molecular weight excluding hydrogens is 304 g/mol. The molecule has 23 heavy (non-hydrogen) atoms. The number of aromatic hydroxyl groups is 3. The van der Waals surface area contributed by atoms with Crippen LogP contribution < -0.4 is 0 Å². The lowest BCUT2D eigenvalue weighted by Crippen LogP contribution is -1.61. The highest BCUT2D eigenvalue weighted by molar-refractivity contribution is 5.30. The second kappa shape index (κ2) is 20.6. The molecule has 5 N–H and O–H groups in total. The predicted molar refractivity (Wildman–Crippen MR) is 81.8 cm³/mol. The van der Waals surface area contributed by atoms with Gasteiger partial charge in [0.1, 0.15) is 24.0 Å². The summed E-state index contributed by atoms with van der Waals surface area (Å²) < 4.78 is 0. The highest BCUT2D eigenvalue weighted by Crippen LogP contribution is 2.14. The Bertz CT molecular complexity index is 548. The van der Waals surface area contributed by atoms with Crippen molar-refractivity contribution in [2.24, 2.45) is 0 Å². The average Bonchev–Trinajstić information content (AvgIpc) is 2.52. The number of rotatable bonds is 0. The van der Waals surface area contributed by atoms with E-state index >= 15 is 0 Å². The molecule has 122 valence electrons. The summed E-state index contributed by atoms with van der Waals surface area (Å²) in [6, 6.07) is 14.6. The molecule has 8 nitrogen and oxygen atoms in total. The van der Waals surface area contributed by atoms with Gasteiger partial charge in [0.2, 0.25) is 12.2 Å². The van der Waals surface area contributed by atoms with E-state index in [1.54, 1.807) is 30.3 Å². The second-order valence-electron chi connectivity index (χ2n) is 3.06. The number of hydrogen-bond donors (Lipinski definition) is 5. The number of para-hydroxylation sites is 1. The maximum Gasteiger partial charge on any atom is 0.231 e. The number of phenols is 3. The Kier molecular flexibility index (Phi) is 21.7. The molecule has 0 aliphatic rings. The number of carbonyl (C=O) groups excluding carboxylic acids is 3. The van der Waals surface area contributed by atoms with Gasteiger partial charge in [0.05, 0.1) is 0 Å². The normalized spacial score (nSPS) is 6.61. The van der Waals surface area contributed by atoms with Gasteiger partial charge < -0.3 is 20.1 Å². The minimum Gasteiger partial charge on any atom is -0.508 e. The van der Waals surface area contributed by atoms with Crippen molar-refractivity contribution >= 4 is 18.9 Å². The molecule has 0 unspecified atom stereocenters. The molecule has 0 aliphatic heterocycles. The van der Waals surface area contributed by atoms with Crippen LogP contribution in [0.5, 0.6) is 17.2 Å². The smallest absolute Gasteiger partial charge is 0.231 e. The van der Waals surface area contributed by atoms with E-state index in [2.05, 4.69) is 0 Å². The van der Waals surface area contributed by atoms with Crippen molar-refractivity contribution in [1.29, 1.82) is 10.8 Å². The second-order valence-corrected chi connectivity index (χ2v) is 3.06. The Morgan fingerprint density at radius 3 is 1.17 bits per heavy atom. The summed E-state index contributed by atoms with van der Waals surface area (Å²) in [7, 11) is 0. The van der Waals surface area contributed by atoms with Crippen LogP contribution in [0.1, 0.15) is 0 Å². The molecule has 0 fully saturated rings. The van der Waals surface area contributed by atoms with Crippen molar-refractivity contribution < 1.29 is 29.7 Å². The molecule has 0 aliphatic carbocycles. The number of carbonyl (C=O) groups is 1. The van der Waals surface area contributed by atoms with Crippen LogP contribution >= 0.6 is 0 Å². The van der Waals surface area contributed by atoms with Crippen molar-refractivity contribution in [3.05, 3.63) is 54.6 Å². The first-order chi connectivity index (χ1) is 11.0. The molecule has 0 aromatic heterocycles. The Hall–Kier alpha value is -3.73. The quantitative estimate of drug-likeness (QED) is 0.369. The summed E-state index contributed by atoms with van der Waals surface area (Å²) in [5, 5.41) is 36.7. The van der Waals surface area contributed by atoms with E-state index in [0.717, 1.165) is 12.2 Å². The van der Waals surface area contributed by atoms with Crippen LogP contribution in [-0.4, -0.2) is 34.3 Å². The first-order valence-corrected chi connectivity index (χ1v) is 5.60. The van der Waals surface area contributed by atoms with Crippen LogP contribution in [0.4, 0.5) is 0 Å². The standard InChI is InChI=1S/C6H6O2.C6H6O.2CHNO.CH2O/c7-5-2-1-3-6(8)4-5;7-6-4-2-1-3-5-6;2*2-1-3;1-2/h1-4,7-8H;1-5,7H;2*2H;1H2. The highest BCUT2D eigenvalue weighted by atomic mass is 16.3. The molecule has 0 heterocycles. The minimum atomic E-state index is 0.0880. The SMILES string of the molecule is C=O.N=C=O.N=C=O.Oc1cccc(O)c1.Oc1ccccc1. The lowest BCUT2D eigenvalue weighted by molar-refractivity contribution is -0.0980. The lowest BCUT2D eigenvalue weighted by Gasteiger charge is -1.89. The molecule has 0 spiro atoms. The van der Waals surface area contributed by atoms with Gasteiger partial charge in [-0.05, 0) is 24.3 Å². The van der Waals surface area contributed by atoms with Gasteiger partial charge in [-0.2, -0.15) is 0 Å². The fraction of sp³-hybridized carbons (Fsp3) is 0. The third kappa shape index (κ3) is 23.8. The van der Waals surface area contributed by atoms with Crippen LogP contribution in [0, 0.1) is 10.8 Å². The molecule has 0 saturated heterocycles. The van der Waals surface area contributed by atoms with Crippen LogP contribution in [0.15, 0.2) is 54.6 Å². The number of nitrogens with one attached hydrogen (secondary N) is 2. The van der Waals surface area contributed by atoms with Gasteiger partial charge in [-0.15, -0.1) is 0 Å². The van der Waals surface area contributed by atoms with Crippen molar-refractivity contribution in [2.45, 2.75) is 0 Å². The molecule has 2 rings (SSSR count). The first kappa shape index (κ1) is 24.3. The number of hydrogen-bond acceptors (Lipinski definition) is 8. The molecular formula is C15H16N2O6. The van der Waals surface area contributed by atoms with Crippen molar-refractivity contribution in [3.63, 3.8) is 0 Å². The maximum absolute atomic E-state index is 8.65. The molecule has 2 aromatic carbocycles. The summed E-state index contributed by atoms with van der Waals surface area (Å²) in [6.07, 6.45) is 1.50. The third-order valence-electron chi connectivity index (χ3n) is 1.59. The average molecular weight is 320 g/mol. The van der Waals surface area contributed by atoms with Crippen molar-refractivity contribution in [3.8, 4) is 17.2 Å². The van der Waals surface area contributed by atoms with Crippen LogP contribution in [0.3, 0.4) is 0 Å². The van der Waals surface area contributed by atoms with Crippen molar-refractivity contribution in [1.82, 2.24) is 0 Å². The first-order valence-electron chi connectivity index (χ1n) is 5.60. The van der Waals surface area contributed by atoms with Gasteiger partial charge in [-0.3, -0.25) is 0 Å². The van der Waals surface area contributed by atoms with Crippen LogP contribution in [-0.2, 0) is 14.4 Å². The minimum absolute atomic E-state index is 0.0880. The molecule has 0 bridgehead atoms. The zero-order valence-electron chi connectivity index (χ0n) is 12.0. The van der Waals surface area contributed by atoms with E-state index in [1.165, 1.54) is 18.2 Å². The Labute approximate surface area is 132 Å². The summed E-state index contributed by atoms with van der Waals surface area (Å²) >= 11 is 0. The van der Waals surface area contributed by atoms with Gasteiger partial charge in [0.25, 0.3) is 0 Å². The monoisotopic (exact) mass is 320 g/mol. The van der Waals surface area contributed by atoms with Crippen LogP contribution in [0.2, 0.25) is 0 Å². The zero-order valence-corrected chi connectivity index (χ0v) is 12.0. The molecule has 0 atom stereocenters. The van der Waals surface area contributed by atoms with E-state index in [9.17, 15) is 0 Å². The molecule has 2 aromatic rings. The van der Waals surface area contributed by atoms with Gasteiger partial charge in [-0.25, -0.2) is 20.4 Å². The van der Waals surface area contributed by atoms with Crippen molar-refractivity contribution in [2.75, 3.05) is 0 Å². The number of phenolic OH excluding ortho intramolecular Hbond substituents is 3. The van der Waals surface area contributed by atoms with E-state index in [-0.39, 0.29) is 11.5 Å². The molecule has 8 heteroatoms. The fourth-order valence-electron chi connectivity index (χ4n) is 0.921. The Balaban J connectivity index is -0.000000244. The van der Waals surface area contributed by atoms with Crippen LogP contribution in [0.25, 0.3) is 0 Å². The summed E-state index contributed by atoms with van der Waals surface area (Å²) in [6.45, 7) is 2.00. The summed E-state index contributed by atoms with van der Waals surface area (Å²) in [5.41, 5.74) is 0. The van der Waals surface area contributed by atoms with Gasteiger partial charge in [0, 0.05) is 6.07 Å². The zero-order chi connectivity index (χ0) is 18.5. The largest absolute Gasteiger partial charge is 0.508 e. The molecule has 0 saturated carbocycles. The Morgan fingerprint density at radius 1 is 0.696 bits per heavy atom. The fourth-order valence-corrected chi connectivity index (χ4v) is 0.921. The van der Waals surface area contributed by atoms with Gasteiger partial charge in [-0.1, -0.05) is 24.3 Å². The molecule has 0 amide bonds. The van der Waals surface area contributed by atoms with E-state index < -0.39 is 0 Å². The van der Waals surface area contributed by atoms with E-state index in [4.69, 9.17) is 40.5 Å². The third-order valence-corrected chi connectivity index (χ3v) is 1.59. The summed E-state index contributed by atoms with van der Waals surface area (Å²) in [4.78, 5) is 24.7. The lowest BCUT2D eigenvalue weighted by atomic mass is 10.3. The maximum atomic E-state index is 8.65.